The number of halogens is 1. The fourth-order valence-corrected chi connectivity index (χ4v) is 2.55. The van der Waals surface area contributed by atoms with Crippen molar-refractivity contribution in [1.82, 2.24) is 14.3 Å². The van der Waals surface area contributed by atoms with E-state index in [1.165, 1.54) is 0 Å². The third-order valence-electron chi connectivity index (χ3n) is 3.30. The van der Waals surface area contributed by atoms with E-state index < -0.39 is 5.97 Å². The number of unbranched alkanes of at least 4 members (excludes halogenated alkanes) is 1. The third kappa shape index (κ3) is 3.96. The van der Waals surface area contributed by atoms with E-state index in [9.17, 15) is 4.79 Å². The third-order valence-corrected chi connectivity index (χ3v) is 3.98. The maximum absolute atomic E-state index is 10.8. The lowest BCUT2D eigenvalue weighted by Gasteiger charge is -2.05. The van der Waals surface area contributed by atoms with Crippen molar-refractivity contribution in [2.45, 2.75) is 39.3 Å². The first-order chi connectivity index (χ1) is 10.5. The lowest BCUT2D eigenvalue weighted by molar-refractivity contribution is -0.137. The van der Waals surface area contributed by atoms with Crippen LogP contribution in [-0.2, 0) is 17.9 Å². The Morgan fingerprint density at radius 2 is 2.00 bits per heavy atom. The number of carboxylic acids is 1. The molecule has 118 valence electrons. The number of aryl methyl sites for hydroxylation is 1. The van der Waals surface area contributed by atoms with Crippen molar-refractivity contribution in [3.63, 3.8) is 0 Å². The number of nitrogens with zero attached hydrogens (tertiary/aromatic N) is 3. The van der Waals surface area contributed by atoms with Crippen LogP contribution in [0.5, 0.6) is 0 Å². The van der Waals surface area contributed by atoms with E-state index in [0.29, 0.717) is 9.79 Å². The summed E-state index contributed by atoms with van der Waals surface area (Å²) >= 11 is 11.4. The number of carbonyl (C=O) groups is 1. The van der Waals surface area contributed by atoms with Crippen LogP contribution in [0.2, 0.25) is 5.02 Å². The molecule has 0 radical (unpaired) electrons. The van der Waals surface area contributed by atoms with Crippen molar-refractivity contribution < 1.29 is 9.90 Å². The smallest absolute Gasteiger partial charge is 0.305 e. The summed E-state index contributed by atoms with van der Waals surface area (Å²) in [4.78, 5) is 10.8. The molecule has 5 nitrogen and oxygen atoms in total. The molecule has 1 heterocycles. The van der Waals surface area contributed by atoms with Crippen molar-refractivity contribution in [2.75, 3.05) is 0 Å². The summed E-state index contributed by atoms with van der Waals surface area (Å²) in [6.07, 6.45) is 2.03. The Bertz CT molecular complexity index is 707. The summed E-state index contributed by atoms with van der Waals surface area (Å²) in [7, 11) is 0. The minimum Gasteiger partial charge on any atom is -0.481 e. The van der Waals surface area contributed by atoms with E-state index >= 15 is 0 Å². The van der Waals surface area contributed by atoms with E-state index in [1.54, 1.807) is 16.8 Å². The van der Waals surface area contributed by atoms with Crippen LogP contribution in [0.25, 0.3) is 11.4 Å². The first-order valence-electron chi connectivity index (χ1n) is 7.18. The van der Waals surface area contributed by atoms with Crippen molar-refractivity contribution in [1.29, 1.82) is 0 Å². The highest BCUT2D eigenvalue weighted by atomic mass is 35.5. The number of aliphatic carboxylic acids is 1. The molecule has 0 aliphatic rings. The molecule has 0 unspecified atom stereocenters. The van der Waals surface area contributed by atoms with Gasteiger partial charge in [0.05, 0.1) is 13.0 Å². The van der Waals surface area contributed by atoms with Gasteiger partial charge in [0.15, 0.2) is 10.6 Å². The lowest BCUT2D eigenvalue weighted by atomic mass is 10.2. The maximum Gasteiger partial charge on any atom is 0.305 e. The van der Waals surface area contributed by atoms with E-state index in [2.05, 4.69) is 12.0 Å². The van der Waals surface area contributed by atoms with Gasteiger partial charge in [-0.3, -0.25) is 9.36 Å². The molecule has 0 atom stereocenters. The fraction of sp³-hybridized carbons (Fsp3) is 0.400. The van der Waals surface area contributed by atoms with Crippen LogP contribution in [0.3, 0.4) is 0 Å². The highest BCUT2D eigenvalue weighted by Gasteiger charge is 2.13. The van der Waals surface area contributed by atoms with E-state index in [0.717, 1.165) is 30.8 Å². The lowest BCUT2D eigenvalue weighted by Crippen LogP contribution is -2.07. The molecule has 0 amide bonds. The monoisotopic (exact) mass is 339 g/mol. The zero-order chi connectivity index (χ0) is 16.1. The Morgan fingerprint density at radius 3 is 2.59 bits per heavy atom. The molecular weight excluding hydrogens is 322 g/mol. The average molecular weight is 340 g/mol. The number of aromatic nitrogens is 3. The van der Waals surface area contributed by atoms with E-state index in [4.69, 9.17) is 28.9 Å². The van der Waals surface area contributed by atoms with Gasteiger partial charge in [-0.1, -0.05) is 24.9 Å². The molecular formula is C15H18ClN3O2S. The molecule has 0 fully saturated rings. The SMILES string of the molecule is CCCCn1c(-c2ccc(Cl)cc2)nn(CCC(=O)O)c1=S. The molecule has 0 aliphatic heterocycles. The first kappa shape index (κ1) is 16.7. The van der Waals surface area contributed by atoms with Crippen LogP contribution in [0.15, 0.2) is 24.3 Å². The summed E-state index contributed by atoms with van der Waals surface area (Å²) in [5.74, 6) is -0.112. The van der Waals surface area contributed by atoms with Crippen LogP contribution in [-0.4, -0.2) is 25.4 Å². The number of carboxylic acid groups (broad SMARTS) is 1. The normalized spacial score (nSPS) is 10.8. The van der Waals surface area contributed by atoms with E-state index in [1.807, 2.05) is 16.7 Å². The van der Waals surface area contributed by atoms with Gasteiger partial charge in [-0.2, -0.15) is 5.10 Å². The van der Waals surface area contributed by atoms with Gasteiger partial charge in [-0.15, -0.1) is 0 Å². The minimum atomic E-state index is -0.863. The van der Waals surface area contributed by atoms with Crippen LogP contribution in [0.1, 0.15) is 26.2 Å². The second-order valence-corrected chi connectivity index (χ2v) is 5.79. The molecule has 1 aromatic heterocycles. The fourth-order valence-electron chi connectivity index (χ4n) is 2.12. The minimum absolute atomic E-state index is 0.000838. The van der Waals surface area contributed by atoms with Gasteiger partial charge in [0.1, 0.15) is 0 Å². The Balaban J connectivity index is 2.41. The zero-order valence-electron chi connectivity index (χ0n) is 12.3. The number of hydrogen-bond donors (Lipinski definition) is 1. The molecule has 1 aromatic carbocycles. The second kappa shape index (κ2) is 7.56. The van der Waals surface area contributed by atoms with Gasteiger partial charge in [0, 0.05) is 17.1 Å². The van der Waals surface area contributed by atoms with E-state index in [-0.39, 0.29) is 13.0 Å². The van der Waals surface area contributed by atoms with Crippen molar-refractivity contribution in [3.8, 4) is 11.4 Å². The Kier molecular flexibility index (Phi) is 5.74. The molecule has 0 saturated heterocycles. The Labute approximate surface area is 139 Å². The molecule has 2 rings (SSSR count). The first-order valence-corrected chi connectivity index (χ1v) is 7.97. The quantitative estimate of drug-likeness (QED) is 0.774. The highest BCUT2D eigenvalue weighted by Crippen LogP contribution is 2.21. The molecule has 1 N–H and O–H groups in total. The van der Waals surface area contributed by atoms with Gasteiger partial charge >= 0.3 is 5.97 Å². The summed E-state index contributed by atoms with van der Waals surface area (Å²) < 4.78 is 4.10. The molecule has 2 aromatic rings. The number of rotatable bonds is 7. The Hall–Kier alpha value is -1.66. The maximum atomic E-state index is 10.8. The van der Waals surface area contributed by atoms with Crippen LogP contribution in [0, 0.1) is 4.77 Å². The van der Waals surface area contributed by atoms with Crippen LogP contribution in [0.4, 0.5) is 0 Å². The van der Waals surface area contributed by atoms with Crippen molar-refractivity contribution in [2.24, 2.45) is 0 Å². The van der Waals surface area contributed by atoms with Crippen molar-refractivity contribution in [3.05, 3.63) is 34.1 Å². The number of hydrogen-bond acceptors (Lipinski definition) is 3. The highest BCUT2D eigenvalue weighted by molar-refractivity contribution is 7.71. The predicted octanol–water partition coefficient (Wildman–Crippen LogP) is 4.01. The molecule has 0 saturated carbocycles. The molecule has 0 aliphatic carbocycles. The van der Waals surface area contributed by atoms with Crippen LogP contribution < -0.4 is 0 Å². The van der Waals surface area contributed by atoms with Crippen LogP contribution >= 0.6 is 23.8 Å². The molecule has 7 heteroatoms. The largest absolute Gasteiger partial charge is 0.481 e. The van der Waals surface area contributed by atoms with Gasteiger partial charge < -0.3 is 5.11 Å². The zero-order valence-corrected chi connectivity index (χ0v) is 13.9. The summed E-state index contributed by atoms with van der Waals surface area (Å²) in [6.45, 7) is 3.15. The van der Waals surface area contributed by atoms with Gasteiger partial charge in [0.2, 0.25) is 0 Å². The molecule has 0 spiro atoms. The molecule has 22 heavy (non-hydrogen) atoms. The van der Waals surface area contributed by atoms with Gasteiger partial charge in [0.25, 0.3) is 0 Å². The topological polar surface area (TPSA) is 60.0 Å². The van der Waals surface area contributed by atoms with Crippen molar-refractivity contribution >= 4 is 29.8 Å². The summed E-state index contributed by atoms with van der Waals surface area (Å²) in [5, 5.41) is 14.0. The summed E-state index contributed by atoms with van der Waals surface area (Å²) in [6, 6.07) is 7.40. The Morgan fingerprint density at radius 1 is 1.32 bits per heavy atom. The number of benzene rings is 1. The summed E-state index contributed by atoms with van der Waals surface area (Å²) in [5.41, 5.74) is 0.917. The average Bonchev–Trinajstić information content (AvgIpc) is 2.80. The standard InChI is InChI=1S/C15H18ClN3O2S/c1-2-3-9-18-14(11-4-6-12(16)7-5-11)17-19(15(18)22)10-8-13(20)21/h4-7H,2-3,8-10H2,1H3,(H,20,21). The van der Waals surface area contributed by atoms with Gasteiger partial charge in [-0.05, 0) is 42.9 Å². The molecule has 0 bridgehead atoms. The predicted molar refractivity (Wildman–Crippen MR) is 88.7 cm³/mol. The van der Waals surface area contributed by atoms with Gasteiger partial charge in [-0.25, -0.2) is 4.68 Å². The second-order valence-electron chi connectivity index (χ2n) is 4.99.